The fraction of sp³-hybridized carbons (Fsp3) is 0.343. The van der Waals surface area contributed by atoms with Crippen molar-refractivity contribution in [1.82, 2.24) is 5.32 Å². The van der Waals surface area contributed by atoms with Crippen LogP contribution in [0.25, 0.3) is 0 Å². The van der Waals surface area contributed by atoms with Gasteiger partial charge in [-0.25, -0.2) is 15.0 Å². The molecule has 0 aromatic rings. The quantitative estimate of drug-likeness (QED) is 0.376. The van der Waals surface area contributed by atoms with E-state index in [1.165, 1.54) is 14.2 Å². The molecule has 9 nitrogen and oxygen atoms in total. The molecule has 5 aliphatic heterocycles. The van der Waals surface area contributed by atoms with Gasteiger partial charge in [-0.1, -0.05) is 26.5 Å². The Bertz CT molecular complexity index is 1780. The number of carbonyl (C=O) groups is 2. The molecule has 0 saturated carbocycles. The molecule has 6 rings (SSSR count). The average molecular weight is 593 g/mol. The minimum atomic E-state index is -1.05. The largest absolute Gasteiger partial charge is 0.510 e. The van der Waals surface area contributed by atoms with Gasteiger partial charge in [0, 0.05) is 46.4 Å². The Labute approximate surface area is 256 Å². The number of aliphatic imine (C=N–C) groups is 3. The minimum Gasteiger partial charge on any atom is -0.510 e. The van der Waals surface area contributed by atoms with E-state index in [0.717, 1.165) is 62.9 Å². The number of aliphatic hydroxyl groups excluding tert-OH is 1. The lowest BCUT2D eigenvalue weighted by molar-refractivity contribution is -0.143. The highest BCUT2D eigenvalue weighted by molar-refractivity contribution is 6.23. The number of ether oxygens (including phenoxy) is 2. The zero-order valence-corrected chi connectivity index (χ0v) is 25.9. The smallest absolute Gasteiger partial charge is 0.321 e. The zero-order chi connectivity index (χ0) is 31.4. The van der Waals surface area contributed by atoms with Gasteiger partial charge in [0.1, 0.15) is 11.7 Å². The minimum absolute atomic E-state index is 0.0766. The molecule has 6 aliphatic rings. The van der Waals surface area contributed by atoms with Crippen LogP contribution in [0, 0.1) is 17.8 Å². The van der Waals surface area contributed by atoms with E-state index in [0.29, 0.717) is 29.0 Å². The Morgan fingerprint density at radius 3 is 2.43 bits per heavy atom. The van der Waals surface area contributed by atoms with Crippen molar-refractivity contribution in [3.05, 3.63) is 105 Å². The molecule has 2 N–H and O–H groups in total. The van der Waals surface area contributed by atoms with Gasteiger partial charge in [0.15, 0.2) is 0 Å². The van der Waals surface area contributed by atoms with E-state index < -0.39 is 11.9 Å². The van der Waals surface area contributed by atoms with Gasteiger partial charge in [-0.3, -0.25) is 9.59 Å². The SMILES string of the molecule is C=CC1=C(C)C2=NC1=CC1=NC(=CC3=CC4=C(O)C(C(=O)OC)C(=C5NC(=C2)C(C)C5CCC(=O)OC)C4=N3)C(CC)=C1C. The number of hydrogen-bond acceptors (Lipinski definition) is 9. The topological polar surface area (TPSA) is 122 Å². The van der Waals surface area contributed by atoms with E-state index in [1.54, 1.807) is 6.08 Å². The van der Waals surface area contributed by atoms with Crippen molar-refractivity contribution in [1.29, 1.82) is 0 Å². The number of aliphatic hydroxyl groups is 1. The van der Waals surface area contributed by atoms with Crippen molar-refractivity contribution in [3.8, 4) is 0 Å². The van der Waals surface area contributed by atoms with Crippen LogP contribution in [0.15, 0.2) is 120 Å². The summed E-state index contributed by atoms with van der Waals surface area (Å²) in [6.45, 7) is 12.3. The second-order valence-corrected chi connectivity index (χ2v) is 11.6. The zero-order valence-electron chi connectivity index (χ0n) is 25.9. The molecular formula is C35H36N4O5. The van der Waals surface area contributed by atoms with Crippen molar-refractivity contribution in [2.75, 3.05) is 14.2 Å². The fourth-order valence-electron chi connectivity index (χ4n) is 6.87. The molecule has 1 saturated heterocycles. The molecule has 0 aromatic carbocycles. The molecule has 44 heavy (non-hydrogen) atoms. The van der Waals surface area contributed by atoms with Crippen LogP contribution in [-0.2, 0) is 19.1 Å². The monoisotopic (exact) mass is 592 g/mol. The summed E-state index contributed by atoms with van der Waals surface area (Å²) in [5, 5.41) is 15.0. The molecule has 3 atom stereocenters. The van der Waals surface area contributed by atoms with Crippen LogP contribution in [0.1, 0.15) is 47.0 Å². The Kier molecular flexibility index (Phi) is 7.35. The number of nitrogens with one attached hydrogen (secondary N) is 1. The number of nitrogens with zero attached hydrogens (tertiary/aromatic N) is 3. The van der Waals surface area contributed by atoms with Gasteiger partial charge < -0.3 is 19.9 Å². The summed E-state index contributed by atoms with van der Waals surface area (Å²) in [5.74, 6) is -2.34. The Morgan fingerprint density at radius 2 is 1.75 bits per heavy atom. The number of fused-ring (bicyclic) bond motifs is 5. The lowest BCUT2D eigenvalue weighted by Crippen LogP contribution is -2.25. The summed E-state index contributed by atoms with van der Waals surface area (Å²) in [5.41, 5.74) is 11.1. The Hall–Kier alpha value is -4.79. The highest BCUT2D eigenvalue weighted by Crippen LogP contribution is 2.47. The van der Waals surface area contributed by atoms with Gasteiger partial charge >= 0.3 is 11.9 Å². The van der Waals surface area contributed by atoms with E-state index >= 15 is 0 Å². The highest BCUT2D eigenvalue weighted by atomic mass is 16.5. The number of rotatable bonds is 6. The predicted octanol–water partition coefficient (Wildman–Crippen LogP) is 5.81. The molecule has 226 valence electrons. The molecule has 3 unspecified atom stereocenters. The maximum atomic E-state index is 13.2. The van der Waals surface area contributed by atoms with Gasteiger partial charge in [0.05, 0.1) is 48.4 Å². The van der Waals surface area contributed by atoms with Crippen molar-refractivity contribution in [2.24, 2.45) is 32.7 Å². The summed E-state index contributed by atoms with van der Waals surface area (Å²) < 4.78 is 10.1. The molecule has 0 radical (unpaired) electrons. The summed E-state index contributed by atoms with van der Waals surface area (Å²) in [7, 11) is 2.68. The van der Waals surface area contributed by atoms with Crippen LogP contribution >= 0.6 is 0 Å². The summed E-state index contributed by atoms with van der Waals surface area (Å²) in [6, 6.07) is 0. The third-order valence-electron chi connectivity index (χ3n) is 9.34. The van der Waals surface area contributed by atoms with E-state index in [2.05, 4.69) is 32.7 Å². The summed E-state index contributed by atoms with van der Waals surface area (Å²) >= 11 is 0. The van der Waals surface area contributed by atoms with Gasteiger partial charge in [-0.15, -0.1) is 0 Å². The van der Waals surface area contributed by atoms with Gasteiger partial charge in [-0.2, -0.15) is 0 Å². The van der Waals surface area contributed by atoms with Crippen molar-refractivity contribution >= 4 is 29.1 Å². The number of allylic oxidation sites excluding steroid dienone is 11. The molecular weight excluding hydrogens is 556 g/mol. The lowest BCUT2D eigenvalue weighted by Gasteiger charge is -2.20. The van der Waals surface area contributed by atoms with Crippen LogP contribution < -0.4 is 5.32 Å². The number of esters is 2. The first-order valence-corrected chi connectivity index (χ1v) is 14.9. The number of methoxy groups -OCH3 is 2. The van der Waals surface area contributed by atoms with Gasteiger partial charge in [-0.05, 0) is 67.7 Å². The molecule has 1 fully saturated rings. The summed E-state index contributed by atoms with van der Waals surface area (Å²) in [6.07, 6.45) is 11.0. The van der Waals surface area contributed by atoms with Crippen LogP contribution in [0.5, 0.6) is 0 Å². The molecule has 8 bridgehead atoms. The molecule has 1 aliphatic carbocycles. The van der Waals surface area contributed by atoms with E-state index in [1.807, 2.05) is 31.2 Å². The predicted molar refractivity (Wildman–Crippen MR) is 170 cm³/mol. The maximum absolute atomic E-state index is 13.2. The molecule has 9 heteroatoms. The first-order chi connectivity index (χ1) is 21.1. The summed E-state index contributed by atoms with van der Waals surface area (Å²) in [4.78, 5) is 40.4. The second kappa shape index (κ2) is 11.0. The van der Waals surface area contributed by atoms with Gasteiger partial charge in [0.2, 0.25) is 0 Å². The number of carbonyl (C=O) groups excluding carboxylic acids is 2. The van der Waals surface area contributed by atoms with E-state index in [4.69, 9.17) is 24.5 Å². The van der Waals surface area contributed by atoms with Crippen LogP contribution in [0.2, 0.25) is 0 Å². The maximum Gasteiger partial charge on any atom is 0.321 e. The Balaban J connectivity index is 1.63. The van der Waals surface area contributed by atoms with Gasteiger partial charge in [0.25, 0.3) is 0 Å². The molecule has 5 heterocycles. The second-order valence-electron chi connectivity index (χ2n) is 11.6. The first kappa shape index (κ1) is 29.3. The van der Waals surface area contributed by atoms with E-state index in [9.17, 15) is 14.7 Å². The van der Waals surface area contributed by atoms with Crippen LogP contribution in [0.3, 0.4) is 0 Å². The third-order valence-corrected chi connectivity index (χ3v) is 9.34. The van der Waals surface area contributed by atoms with Crippen LogP contribution in [0.4, 0.5) is 0 Å². The average Bonchev–Trinajstić information content (AvgIpc) is 3.77. The fourth-order valence-corrected chi connectivity index (χ4v) is 6.87. The van der Waals surface area contributed by atoms with Crippen molar-refractivity contribution in [2.45, 2.75) is 47.0 Å². The normalized spacial score (nSPS) is 25.3. The first-order valence-electron chi connectivity index (χ1n) is 14.9. The Morgan fingerprint density at radius 1 is 1.02 bits per heavy atom. The van der Waals surface area contributed by atoms with Crippen molar-refractivity contribution in [3.63, 3.8) is 0 Å². The number of hydrogen-bond donors (Lipinski definition) is 2. The van der Waals surface area contributed by atoms with E-state index in [-0.39, 0.29) is 30.0 Å². The standard InChI is InChI=1S/C35H36N4O5/c1-8-20-16(3)25-15-28-21(9-2)17(4)24(38-28)14-26-18(5)22(10-11-29(40)43-6)32(39-26)30-31(35(42)44-7)34(41)23-12-19(36-33(23)30)13-27(20)37-25/h9,12-15,18,22,31,39,41H,2,8,10-11H2,1,3-7H3. The highest BCUT2D eigenvalue weighted by Gasteiger charge is 2.47. The molecule has 0 aromatic heterocycles. The van der Waals surface area contributed by atoms with Crippen molar-refractivity contribution < 1.29 is 24.2 Å². The molecule has 0 spiro atoms. The lowest BCUT2D eigenvalue weighted by atomic mass is 9.84. The molecule has 0 amide bonds. The van der Waals surface area contributed by atoms with Crippen LogP contribution in [-0.4, -0.2) is 48.4 Å². The third kappa shape index (κ3) is 4.49.